The summed E-state index contributed by atoms with van der Waals surface area (Å²) in [6, 6.07) is 3.02. The lowest BCUT2D eigenvalue weighted by Gasteiger charge is -2.36. The molecule has 5 rings (SSSR count). The molecule has 2 aliphatic heterocycles. The monoisotopic (exact) mass is 389 g/mol. The summed E-state index contributed by atoms with van der Waals surface area (Å²) >= 11 is 0. The molecule has 0 saturated carbocycles. The van der Waals surface area contributed by atoms with Crippen LogP contribution in [0.4, 0.5) is 8.78 Å². The van der Waals surface area contributed by atoms with Gasteiger partial charge in [0.2, 0.25) is 5.95 Å². The largest absolute Gasteiger partial charge is 0.336 e. The number of amides is 1. The molecule has 0 radical (unpaired) electrons. The summed E-state index contributed by atoms with van der Waals surface area (Å²) in [5.41, 5.74) is 0.392. The van der Waals surface area contributed by atoms with Gasteiger partial charge in [-0.2, -0.15) is 5.10 Å². The van der Waals surface area contributed by atoms with Crippen molar-refractivity contribution >= 4 is 11.4 Å². The molecule has 2 saturated heterocycles. The second-order valence-corrected chi connectivity index (χ2v) is 7.22. The van der Waals surface area contributed by atoms with E-state index in [0.29, 0.717) is 24.2 Å². The highest BCUT2D eigenvalue weighted by molar-refractivity contribution is 5.93. The summed E-state index contributed by atoms with van der Waals surface area (Å²) < 4.78 is 30.0. The van der Waals surface area contributed by atoms with Gasteiger partial charge in [-0.15, -0.1) is 5.10 Å². The van der Waals surface area contributed by atoms with E-state index in [1.807, 2.05) is 0 Å². The van der Waals surface area contributed by atoms with Gasteiger partial charge in [0, 0.05) is 44.5 Å². The Kier molecular flexibility index (Phi) is 3.63. The maximum absolute atomic E-state index is 13.6. The Morgan fingerprint density at radius 1 is 1.32 bits per heavy atom. The average molecular weight is 389 g/mol. The molecule has 0 unspecified atom stereocenters. The van der Waals surface area contributed by atoms with E-state index in [1.54, 1.807) is 28.1 Å². The summed E-state index contributed by atoms with van der Waals surface area (Å²) in [5.74, 6) is -2.79. The van der Waals surface area contributed by atoms with E-state index in [0.717, 1.165) is 0 Å². The first-order valence-electron chi connectivity index (χ1n) is 8.93. The van der Waals surface area contributed by atoms with Crippen molar-refractivity contribution in [1.29, 1.82) is 0 Å². The number of nitrogens with one attached hydrogen (secondary N) is 1. The number of nitrogens with zero attached hydrogens (tertiary/aromatic N) is 6. The Morgan fingerprint density at radius 2 is 2.18 bits per heavy atom. The van der Waals surface area contributed by atoms with E-state index in [1.165, 1.54) is 21.6 Å². The van der Waals surface area contributed by atoms with Crippen molar-refractivity contribution in [3.63, 3.8) is 0 Å². The minimum Gasteiger partial charge on any atom is -0.336 e. The van der Waals surface area contributed by atoms with Gasteiger partial charge < -0.3 is 4.90 Å². The third-order valence-electron chi connectivity index (χ3n) is 5.30. The van der Waals surface area contributed by atoms with Gasteiger partial charge in [0.25, 0.3) is 17.4 Å². The number of alkyl halides is 2. The molecule has 0 aliphatic carbocycles. The topological polar surface area (TPSA) is 91.5 Å². The van der Waals surface area contributed by atoms with Crippen molar-refractivity contribution in [2.24, 2.45) is 0 Å². The van der Waals surface area contributed by atoms with Gasteiger partial charge in [0.05, 0.1) is 18.3 Å². The molecule has 1 amide bonds. The van der Waals surface area contributed by atoms with E-state index in [4.69, 9.17) is 0 Å². The molecule has 9 nitrogen and oxygen atoms in total. The van der Waals surface area contributed by atoms with Gasteiger partial charge >= 0.3 is 0 Å². The number of H-pyrrole nitrogens is 1. The number of aromatic nitrogens is 5. The number of fused-ring (bicyclic) bond motifs is 2. The van der Waals surface area contributed by atoms with Gasteiger partial charge in [-0.05, 0) is 12.1 Å². The average Bonchev–Trinajstić information content (AvgIpc) is 3.36. The normalized spacial score (nSPS) is 21.9. The van der Waals surface area contributed by atoms with Crippen LogP contribution in [0.3, 0.4) is 0 Å². The molecule has 0 spiro atoms. The van der Waals surface area contributed by atoms with Crippen LogP contribution >= 0.6 is 0 Å². The highest BCUT2D eigenvalue weighted by Crippen LogP contribution is 2.34. The first kappa shape index (κ1) is 17.0. The van der Waals surface area contributed by atoms with Crippen molar-refractivity contribution in [2.75, 3.05) is 26.2 Å². The van der Waals surface area contributed by atoms with Crippen LogP contribution in [0.15, 0.2) is 35.5 Å². The summed E-state index contributed by atoms with van der Waals surface area (Å²) in [5, 5.41) is 8.37. The molecular weight excluding hydrogens is 372 g/mol. The number of carbonyl (C=O) groups is 1. The van der Waals surface area contributed by atoms with E-state index in [2.05, 4.69) is 15.2 Å². The molecule has 1 atom stereocenters. The maximum atomic E-state index is 13.6. The standard InChI is InChI=1S/C17H17F2N7O2/c18-17(19)6-12-9-23(4-5-24(12)10-17)15(28)11-7-20-26(8-11)16-21-14(27)13-2-1-3-25(13)22-16/h1-3,7-8,12H,4-6,9-10H2,(H,21,22,27)/t12-/m0/s1. The van der Waals surface area contributed by atoms with Crippen LogP contribution in [-0.4, -0.2) is 78.2 Å². The summed E-state index contributed by atoms with van der Waals surface area (Å²) in [6.45, 7) is 0.850. The molecule has 1 N–H and O–H groups in total. The molecule has 146 valence electrons. The number of hydrogen-bond acceptors (Lipinski definition) is 5. The Balaban J connectivity index is 1.37. The van der Waals surface area contributed by atoms with E-state index in [-0.39, 0.29) is 43.0 Å². The molecule has 3 aromatic rings. The summed E-state index contributed by atoms with van der Waals surface area (Å²) in [6.07, 6.45) is 4.28. The number of aromatic amines is 1. The quantitative estimate of drug-likeness (QED) is 0.684. The molecule has 28 heavy (non-hydrogen) atoms. The fourth-order valence-corrected chi connectivity index (χ4v) is 3.95. The van der Waals surface area contributed by atoms with Crippen LogP contribution in [0.1, 0.15) is 16.8 Å². The smallest absolute Gasteiger partial charge is 0.276 e. The van der Waals surface area contributed by atoms with Gasteiger partial charge in [-0.1, -0.05) is 0 Å². The van der Waals surface area contributed by atoms with Crippen molar-refractivity contribution in [3.8, 4) is 5.95 Å². The van der Waals surface area contributed by atoms with Crippen molar-refractivity contribution in [2.45, 2.75) is 18.4 Å². The van der Waals surface area contributed by atoms with Crippen LogP contribution in [0.5, 0.6) is 0 Å². The number of rotatable bonds is 2. The van der Waals surface area contributed by atoms with E-state index < -0.39 is 5.92 Å². The molecular formula is C17H17F2N7O2. The predicted octanol–water partition coefficient (Wildman–Crippen LogP) is 0.374. The summed E-state index contributed by atoms with van der Waals surface area (Å²) in [4.78, 5) is 30.8. The Morgan fingerprint density at radius 3 is 3.04 bits per heavy atom. The number of halogens is 2. The molecule has 2 fully saturated rings. The fraction of sp³-hybridized carbons (Fsp3) is 0.412. The highest BCUT2D eigenvalue weighted by atomic mass is 19.3. The van der Waals surface area contributed by atoms with Gasteiger partial charge in [0.15, 0.2) is 0 Å². The predicted molar refractivity (Wildman–Crippen MR) is 93.8 cm³/mol. The number of carbonyl (C=O) groups excluding carboxylic acids is 1. The second-order valence-electron chi connectivity index (χ2n) is 7.22. The zero-order chi connectivity index (χ0) is 19.5. The molecule has 0 bridgehead atoms. The van der Waals surface area contributed by atoms with Crippen molar-refractivity contribution in [3.05, 3.63) is 46.6 Å². The van der Waals surface area contributed by atoms with Crippen LogP contribution in [0.25, 0.3) is 11.5 Å². The number of piperazine rings is 1. The van der Waals surface area contributed by atoms with Gasteiger partial charge in [0.1, 0.15) is 5.52 Å². The van der Waals surface area contributed by atoms with Crippen molar-refractivity contribution in [1.82, 2.24) is 34.2 Å². The van der Waals surface area contributed by atoms with E-state index >= 15 is 0 Å². The Bertz CT molecular complexity index is 1120. The lowest BCUT2D eigenvalue weighted by molar-refractivity contribution is 0.0121. The third kappa shape index (κ3) is 2.78. The maximum Gasteiger partial charge on any atom is 0.276 e. The highest BCUT2D eigenvalue weighted by Gasteiger charge is 2.47. The zero-order valence-corrected chi connectivity index (χ0v) is 14.8. The van der Waals surface area contributed by atoms with Crippen LogP contribution in [0, 0.1) is 0 Å². The lowest BCUT2D eigenvalue weighted by Crippen LogP contribution is -2.52. The Hall–Kier alpha value is -3.08. The van der Waals surface area contributed by atoms with Gasteiger partial charge in [-0.3, -0.25) is 19.5 Å². The molecule has 3 aromatic heterocycles. The minimum atomic E-state index is -2.69. The Labute approximate surface area is 157 Å². The van der Waals surface area contributed by atoms with Crippen LogP contribution in [-0.2, 0) is 0 Å². The number of hydrogen-bond donors (Lipinski definition) is 1. The molecule has 0 aromatic carbocycles. The van der Waals surface area contributed by atoms with Gasteiger partial charge in [-0.25, -0.2) is 18.0 Å². The fourth-order valence-electron chi connectivity index (χ4n) is 3.95. The molecule has 5 heterocycles. The summed E-state index contributed by atoms with van der Waals surface area (Å²) in [7, 11) is 0. The second kappa shape index (κ2) is 5.96. The third-order valence-corrected chi connectivity index (χ3v) is 5.30. The lowest BCUT2D eigenvalue weighted by atomic mass is 10.1. The van der Waals surface area contributed by atoms with Crippen molar-refractivity contribution < 1.29 is 13.6 Å². The van der Waals surface area contributed by atoms with Crippen LogP contribution < -0.4 is 5.56 Å². The minimum absolute atomic E-state index is 0.174. The first-order valence-corrected chi connectivity index (χ1v) is 8.93. The SMILES string of the molecule is O=C(c1cnn(-c2nn3cccc3c(=O)[nH]2)c1)N1CCN2CC(F)(F)C[C@H]2C1. The molecule has 11 heteroatoms. The zero-order valence-electron chi connectivity index (χ0n) is 14.8. The van der Waals surface area contributed by atoms with E-state index in [9.17, 15) is 18.4 Å². The molecule has 2 aliphatic rings. The van der Waals surface area contributed by atoms with Crippen LogP contribution in [0.2, 0.25) is 0 Å². The first-order chi connectivity index (χ1) is 13.4.